The Morgan fingerprint density at radius 1 is 1.37 bits per heavy atom. The number of rotatable bonds is 6. The molecule has 1 heterocycles. The van der Waals surface area contributed by atoms with Crippen molar-refractivity contribution in [1.82, 2.24) is 15.2 Å². The second kappa shape index (κ2) is 5.72. The number of aliphatic carboxylic acids is 1. The van der Waals surface area contributed by atoms with Crippen molar-refractivity contribution in [1.29, 1.82) is 0 Å². The van der Waals surface area contributed by atoms with Crippen molar-refractivity contribution in [3.63, 3.8) is 0 Å². The van der Waals surface area contributed by atoms with Gasteiger partial charge in [0.05, 0.1) is 5.41 Å². The van der Waals surface area contributed by atoms with E-state index in [1.807, 2.05) is 13.8 Å². The quantitative estimate of drug-likeness (QED) is 0.829. The second-order valence-corrected chi connectivity index (χ2v) is 5.59. The van der Waals surface area contributed by atoms with Crippen LogP contribution in [0.15, 0.2) is 0 Å². The fourth-order valence-electron chi connectivity index (χ4n) is 2.95. The highest BCUT2D eigenvalue weighted by Crippen LogP contribution is 2.33. The normalized spacial score (nSPS) is 16.9. The highest BCUT2D eigenvalue weighted by molar-refractivity contribution is 5.74. The molecule has 1 aliphatic carbocycles. The Bertz CT molecular complexity index is 432. The third-order valence-corrected chi connectivity index (χ3v) is 4.58. The smallest absolute Gasteiger partial charge is 0.310 e. The van der Waals surface area contributed by atoms with Crippen LogP contribution >= 0.6 is 0 Å². The van der Waals surface area contributed by atoms with Crippen molar-refractivity contribution in [3.8, 4) is 0 Å². The van der Waals surface area contributed by atoms with Crippen LogP contribution in [0.4, 0.5) is 0 Å². The molecule has 0 unspecified atom stereocenters. The topological polar surface area (TPSA) is 78.9 Å². The van der Waals surface area contributed by atoms with Crippen LogP contribution in [0, 0.1) is 5.41 Å². The van der Waals surface area contributed by atoms with Crippen molar-refractivity contribution >= 4 is 5.97 Å². The van der Waals surface area contributed by atoms with E-state index in [0.717, 1.165) is 18.7 Å². The Balaban J connectivity index is 2.11. The SMILES string of the molecule is CCC(CC)(Cc1nc(C2CCCC2)n[nH]1)C(=O)O. The fourth-order valence-corrected chi connectivity index (χ4v) is 2.95. The van der Waals surface area contributed by atoms with Gasteiger partial charge in [-0.15, -0.1) is 0 Å². The van der Waals surface area contributed by atoms with Crippen molar-refractivity contribution in [2.75, 3.05) is 0 Å². The Labute approximate surface area is 113 Å². The molecule has 5 nitrogen and oxygen atoms in total. The molecule has 1 fully saturated rings. The van der Waals surface area contributed by atoms with Crippen LogP contribution < -0.4 is 0 Å². The number of nitrogens with zero attached hydrogens (tertiary/aromatic N) is 2. The lowest BCUT2D eigenvalue weighted by atomic mass is 9.79. The second-order valence-electron chi connectivity index (χ2n) is 5.59. The summed E-state index contributed by atoms with van der Waals surface area (Å²) in [6.45, 7) is 3.84. The van der Waals surface area contributed by atoms with Crippen LogP contribution in [-0.2, 0) is 11.2 Å². The number of carboxylic acids is 1. The Kier molecular flexibility index (Phi) is 4.22. The summed E-state index contributed by atoms with van der Waals surface area (Å²) in [6, 6.07) is 0. The van der Waals surface area contributed by atoms with Gasteiger partial charge in [0.1, 0.15) is 5.82 Å². The predicted molar refractivity (Wildman–Crippen MR) is 71.9 cm³/mol. The number of aromatic nitrogens is 3. The lowest BCUT2D eigenvalue weighted by molar-refractivity contribution is -0.149. The van der Waals surface area contributed by atoms with Crippen molar-refractivity contribution < 1.29 is 9.90 Å². The molecule has 0 aromatic carbocycles. The molecule has 0 bridgehead atoms. The van der Waals surface area contributed by atoms with Gasteiger partial charge in [-0.2, -0.15) is 5.10 Å². The van der Waals surface area contributed by atoms with Gasteiger partial charge in [0.2, 0.25) is 0 Å². The number of hydrogen-bond acceptors (Lipinski definition) is 3. The first-order chi connectivity index (χ1) is 9.11. The summed E-state index contributed by atoms with van der Waals surface area (Å²) in [5, 5.41) is 16.7. The van der Waals surface area contributed by atoms with E-state index < -0.39 is 11.4 Å². The van der Waals surface area contributed by atoms with Gasteiger partial charge in [0, 0.05) is 12.3 Å². The molecule has 1 aromatic rings. The number of hydrogen-bond donors (Lipinski definition) is 2. The monoisotopic (exact) mass is 265 g/mol. The van der Waals surface area contributed by atoms with Gasteiger partial charge >= 0.3 is 5.97 Å². The zero-order valence-electron chi connectivity index (χ0n) is 11.8. The highest BCUT2D eigenvalue weighted by Gasteiger charge is 2.36. The van der Waals surface area contributed by atoms with E-state index >= 15 is 0 Å². The first kappa shape index (κ1) is 14.0. The van der Waals surface area contributed by atoms with E-state index in [4.69, 9.17) is 0 Å². The number of H-pyrrole nitrogens is 1. The molecule has 0 atom stereocenters. The molecule has 1 aliphatic rings. The van der Waals surface area contributed by atoms with Crippen molar-refractivity contribution in [2.45, 2.75) is 64.7 Å². The molecule has 5 heteroatoms. The summed E-state index contributed by atoms with van der Waals surface area (Å²) in [5.41, 5.74) is -0.716. The molecule has 2 rings (SSSR count). The van der Waals surface area contributed by atoms with Crippen LogP contribution in [0.2, 0.25) is 0 Å². The minimum atomic E-state index is -0.740. The van der Waals surface area contributed by atoms with Gasteiger partial charge in [0.25, 0.3) is 0 Å². The molecule has 1 saturated carbocycles. The molecule has 2 N–H and O–H groups in total. The third kappa shape index (κ3) is 2.80. The average molecular weight is 265 g/mol. The van der Waals surface area contributed by atoms with Gasteiger partial charge in [-0.1, -0.05) is 26.7 Å². The van der Waals surface area contributed by atoms with E-state index in [1.165, 1.54) is 12.8 Å². The molecule has 0 radical (unpaired) electrons. The first-order valence-electron chi connectivity index (χ1n) is 7.26. The van der Waals surface area contributed by atoms with E-state index in [9.17, 15) is 9.90 Å². The summed E-state index contributed by atoms with van der Waals surface area (Å²) >= 11 is 0. The number of carboxylic acid groups (broad SMARTS) is 1. The van der Waals surface area contributed by atoms with E-state index in [-0.39, 0.29) is 0 Å². The molecular weight excluding hydrogens is 242 g/mol. The summed E-state index contributed by atoms with van der Waals surface area (Å²) < 4.78 is 0. The van der Waals surface area contributed by atoms with Gasteiger partial charge in [0.15, 0.2) is 5.82 Å². The highest BCUT2D eigenvalue weighted by atomic mass is 16.4. The Morgan fingerprint density at radius 2 is 2.00 bits per heavy atom. The molecule has 0 spiro atoms. The molecule has 1 aromatic heterocycles. The number of carbonyl (C=O) groups is 1. The average Bonchev–Trinajstić information content (AvgIpc) is 3.06. The zero-order valence-corrected chi connectivity index (χ0v) is 11.8. The van der Waals surface area contributed by atoms with Gasteiger partial charge in [-0.05, 0) is 25.7 Å². The fraction of sp³-hybridized carbons (Fsp3) is 0.786. The minimum Gasteiger partial charge on any atom is -0.481 e. The predicted octanol–water partition coefficient (Wildman–Crippen LogP) is 2.90. The third-order valence-electron chi connectivity index (χ3n) is 4.58. The minimum absolute atomic E-state index is 0.440. The summed E-state index contributed by atoms with van der Waals surface area (Å²) in [7, 11) is 0. The zero-order chi connectivity index (χ0) is 13.9. The van der Waals surface area contributed by atoms with Gasteiger partial charge < -0.3 is 5.11 Å². The van der Waals surface area contributed by atoms with E-state index in [0.29, 0.717) is 31.0 Å². The molecule has 0 amide bonds. The van der Waals surface area contributed by atoms with Crippen LogP contribution in [0.25, 0.3) is 0 Å². The molecule has 106 valence electrons. The lowest BCUT2D eigenvalue weighted by Gasteiger charge is -2.25. The van der Waals surface area contributed by atoms with E-state index in [2.05, 4.69) is 15.2 Å². The molecule has 19 heavy (non-hydrogen) atoms. The maximum absolute atomic E-state index is 11.5. The Morgan fingerprint density at radius 3 is 2.53 bits per heavy atom. The van der Waals surface area contributed by atoms with Gasteiger partial charge in [-0.3, -0.25) is 9.89 Å². The number of nitrogens with one attached hydrogen (secondary N) is 1. The largest absolute Gasteiger partial charge is 0.481 e. The van der Waals surface area contributed by atoms with Crippen molar-refractivity contribution in [2.24, 2.45) is 5.41 Å². The number of aromatic amines is 1. The lowest BCUT2D eigenvalue weighted by Crippen LogP contribution is -2.32. The summed E-state index contributed by atoms with van der Waals surface area (Å²) in [5.74, 6) is 1.32. The molecular formula is C14H23N3O2. The molecule has 0 aliphatic heterocycles. The van der Waals surface area contributed by atoms with Crippen molar-refractivity contribution in [3.05, 3.63) is 11.6 Å². The maximum atomic E-state index is 11.5. The first-order valence-corrected chi connectivity index (χ1v) is 7.26. The van der Waals surface area contributed by atoms with Crippen LogP contribution in [0.1, 0.15) is 69.9 Å². The van der Waals surface area contributed by atoms with Crippen LogP contribution in [0.5, 0.6) is 0 Å². The maximum Gasteiger partial charge on any atom is 0.310 e. The summed E-state index contributed by atoms with van der Waals surface area (Å²) in [6.07, 6.45) is 6.46. The van der Waals surface area contributed by atoms with Crippen LogP contribution in [0.3, 0.4) is 0 Å². The Hall–Kier alpha value is -1.39. The van der Waals surface area contributed by atoms with E-state index in [1.54, 1.807) is 0 Å². The summed E-state index contributed by atoms with van der Waals surface area (Å²) in [4.78, 5) is 16.0. The molecule has 0 saturated heterocycles. The van der Waals surface area contributed by atoms with Crippen LogP contribution in [-0.4, -0.2) is 26.3 Å². The van der Waals surface area contributed by atoms with Gasteiger partial charge in [-0.25, -0.2) is 4.98 Å². The standard InChI is InChI=1S/C14H23N3O2/c1-3-14(4-2,13(18)19)9-11-15-12(17-16-11)10-7-5-6-8-10/h10H,3-9H2,1-2H3,(H,18,19)(H,15,16,17).